The van der Waals surface area contributed by atoms with Crippen LogP contribution in [0.15, 0.2) is 4.99 Å². The number of aliphatic imine (C=N–C) groups is 1. The molecule has 2 aliphatic rings. The maximum Gasteiger partial charge on any atom is 0.407 e. The van der Waals surface area contributed by atoms with Crippen LogP contribution in [0.25, 0.3) is 0 Å². The molecule has 2 rings (SSSR count). The van der Waals surface area contributed by atoms with E-state index in [1.54, 1.807) is 0 Å². The molecule has 1 heterocycles. The number of carbonyl (C=O) groups excluding carboxylic acids is 1. The van der Waals surface area contributed by atoms with Crippen LogP contribution < -0.4 is 11.1 Å². The molecule has 6 nitrogen and oxygen atoms in total. The van der Waals surface area contributed by atoms with Gasteiger partial charge in [0.1, 0.15) is 5.60 Å². The van der Waals surface area contributed by atoms with E-state index in [2.05, 4.69) is 15.2 Å². The third-order valence-electron chi connectivity index (χ3n) is 4.02. The number of rotatable bonds is 4. The Morgan fingerprint density at radius 3 is 2.50 bits per heavy atom. The molecule has 1 unspecified atom stereocenters. The molecule has 0 bridgehead atoms. The Morgan fingerprint density at radius 1 is 1.32 bits per heavy atom. The minimum Gasteiger partial charge on any atom is -0.444 e. The van der Waals surface area contributed by atoms with Crippen molar-refractivity contribution in [2.75, 3.05) is 19.6 Å². The highest BCUT2D eigenvalue weighted by molar-refractivity contribution is 5.78. The van der Waals surface area contributed by atoms with Crippen molar-refractivity contribution >= 4 is 12.1 Å². The fourth-order valence-corrected chi connectivity index (χ4v) is 2.68. The molecule has 126 valence electrons. The van der Waals surface area contributed by atoms with E-state index in [4.69, 9.17) is 10.5 Å². The molecule has 22 heavy (non-hydrogen) atoms. The molecule has 1 aliphatic carbocycles. The average Bonchev–Trinajstić information content (AvgIpc) is 3.26. The van der Waals surface area contributed by atoms with Gasteiger partial charge in [-0.3, -0.25) is 4.99 Å². The summed E-state index contributed by atoms with van der Waals surface area (Å²) < 4.78 is 5.33. The van der Waals surface area contributed by atoms with E-state index >= 15 is 0 Å². The van der Waals surface area contributed by atoms with Crippen molar-refractivity contribution in [1.29, 1.82) is 0 Å². The molecule has 3 N–H and O–H groups in total. The lowest BCUT2D eigenvalue weighted by atomic mass is 10.1. The Bertz CT molecular complexity index is 407. The minimum atomic E-state index is -0.478. The summed E-state index contributed by atoms with van der Waals surface area (Å²) in [5.74, 6) is 1.11. The lowest BCUT2D eigenvalue weighted by Crippen LogP contribution is -2.44. The summed E-state index contributed by atoms with van der Waals surface area (Å²) in [7, 11) is 0. The molecule has 6 heteroatoms. The molecule has 1 saturated carbocycles. The third kappa shape index (κ3) is 5.73. The van der Waals surface area contributed by atoms with Gasteiger partial charge in [-0.05, 0) is 58.8 Å². The van der Waals surface area contributed by atoms with E-state index in [0.717, 1.165) is 25.9 Å². The van der Waals surface area contributed by atoms with Crippen molar-refractivity contribution in [2.24, 2.45) is 16.6 Å². The first-order chi connectivity index (χ1) is 10.3. The van der Waals surface area contributed by atoms with Crippen molar-refractivity contribution < 1.29 is 9.53 Å². The summed E-state index contributed by atoms with van der Waals surface area (Å²) >= 11 is 0. The lowest BCUT2D eigenvalue weighted by molar-refractivity contribution is 0.0500. The Labute approximate surface area is 133 Å². The zero-order valence-corrected chi connectivity index (χ0v) is 14.1. The van der Waals surface area contributed by atoms with Gasteiger partial charge in [0.2, 0.25) is 0 Å². The van der Waals surface area contributed by atoms with Crippen LogP contribution in [0, 0.1) is 5.92 Å². The first-order valence-electron chi connectivity index (χ1n) is 8.39. The highest BCUT2D eigenvalue weighted by Gasteiger charge is 2.33. The quantitative estimate of drug-likeness (QED) is 0.615. The van der Waals surface area contributed by atoms with Crippen LogP contribution in [0.5, 0.6) is 0 Å². The number of hydrogen-bond donors (Lipinski definition) is 2. The second-order valence-corrected chi connectivity index (χ2v) is 7.34. The summed E-state index contributed by atoms with van der Waals surface area (Å²) in [4.78, 5) is 18.6. The first-order valence-corrected chi connectivity index (χ1v) is 8.39. The molecule has 0 radical (unpaired) electrons. The fraction of sp³-hybridized carbons (Fsp3) is 0.875. The van der Waals surface area contributed by atoms with Gasteiger partial charge in [0.15, 0.2) is 5.96 Å². The Kier molecular flexibility index (Phi) is 5.53. The van der Waals surface area contributed by atoms with Crippen LogP contribution in [0.3, 0.4) is 0 Å². The predicted octanol–water partition coefficient (Wildman–Crippen LogP) is 2.09. The molecule has 1 atom stereocenters. The third-order valence-corrected chi connectivity index (χ3v) is 4.02. The van der Waals surface area contributed by atoms with Gasteiger partial charge in [-0.25, -0.2) is 4.79 Å². The number of nitrogens with one attached hydrogen (secondary N) is 1. The van der Waals surface area contributed by atoms with Gasteiger partial charge >= 0.3 is 6.09 Å². The normalized spacial score (nSPS) is 21.4. The van der Waals surface area contributed by atoms with Crippen LogP contribution in [0.4, 0.5) is 4.79 Å². The van der Waals surface area contributed by atoms with E-state index in [9.17, 15) is 4.79 Å². The molecule has 1 amide bonds. The highest BCUT2D eigenvalue weighted by Crippen LogP contribution is 2.33. The van der Waals surface area contributed by atoms with Gasteiger partial charge in [-0.1, -0.05) is 0 Å². The van der Waals surface area contributed by atoms with Crippen molar-refractivity contribution in [3.05, 3.63) is 0 Å². The Balaban J connectivity index is 1.84. The second kappa shape index (κ2) is 7.20. The Morgan fingerprint density at radius 2 is 1.95 bits per heavy atom. The van der Waals surface area contributed by atoms with Gasteiger partial charge in [0, 0.05) is 13.1 Å². The predicted molar refractivity (Wildman–Crippen MR) is 87.8 cm³/mol. The smallest absolute Gasteiger partial charge is 0.407 e. The van der Waals surface area contributed by atoms with Crippen LogP contribution in [-0.4, -0.2) is 48.2 Å². The van der Waals surface area contributed by atoms with E-state index in [1.165, 1.54) is 19.3 Å². The van der Waals surface area contributed by atoms with Crippen LogP contribution in [-0.2, 0) is 4.74 Å². The summed E-state index contributed by atoms with van der Waals surface area (Å²) in [6.45, 7) is 8.11. The number of piperidine rings is 1. The summed E-state index contributed by atoms with van der Waals surface area (Å²) in [5.41, 5.74) is 5.60. The number of hydrogen-bond acceptors (Lipinski definition) is 3. The molecule has 0 aromatic carbocycles. The SMILES string of the molecule is CC(C)(C)OC(=O)NC(CN=C(N)N1CCCCC1)C1CC1. The fourth-order valence-electron chi connectivity index (χ4n) is 2.68. The largest absolute Gasteiger partial charge is 0.444 e. The zero-order valence-electron chi connectivity index (χ0n) is 14.1. The lowest BCUT2D eigenvalue weighted by Gasteiger charge is -2.28. The van der Waals surface area contributed by atoms with E-state index in [1.807, 2.05) is 20.8 Å². The van der Waals surface area contributed by atoms with Gasteiger partial charge in [0.25, 0.3) is 0 Å². The summed E-state index contributed by atoms with van der Waals surface area (Å²) in [6, 6.07) is 0.0261. The van der Waals surface area contributed by atoms with Crippen LogP contribution in [0.1, 0.15) is 52.9 Å². The molecular formula is C16H30N4O2. The van der Waals surface area contributed by atoms with E-state index in [-0.39, 0.29) is 12.1 Å². The number of carbonyl (C=O) groups is 1. The number of ether oxygens (including phenoxy) is 1. The number of amides is 1. The minimum absolute atomic E-state index is 0.0261. The molecule has 2 fully saturated rings. The van der Waals surface area contributed by atoms with Crippen LogP contribution >= 0.6 is 0 Å². The molecular weight excluding hydrogens is 280 g/mol. The van der Waals surface area contributed by atoms with Crippen molar-refractivity contribution in [1.82, 2.24) is 10.2 Å². The second-order valence-electron chi connectivity index (χ2n) is 7.34. The number of nitrogens with zero attached hydrogens (tertiary/aromatic N) is 2. The zero-order chi connectivity index (χ0) is 16.2. The average molecular weight is 310 g/mol. The van der Waals surface area contributed by atoms with E-state index < -0.39 is 5.60 Å². The summed E-state index contributed by atoms with van der Waals surface area (Å²) in [6.07, 6.45) is 5.54. The van der Waals surface area contributed by atoms with Crippen molar-refractivity contribution in [3.8, 4) is 0 Å². The molecule has 0 aromatic rings. The summed E-state index contributed by atoms with van der Waals surface area (Å²) in [5, 5.41) is 2.95. The molecule has 0 aromatic heterocycles. The van der Waals surface area contributed by atoms with Crippen LogP contribution in [0.2, 0.25) is 0 Å². The van der Waals surface area contributed by atoms with Crippen molar-refractivity contribution in [3.63, 3.8) is 0 Å². The number of nitrogens with two attached hydrogens (primary N) is 1. The maximum atomic E-state index is 11.9. The van der Waals surface area contributed by atoms with Gasteiger partial charge < -0.3 is 20.7 Å². The Hall–Kier alpha value is -1.46. The molecule has 1 saturated heterocycles. The van der Waals surface area contributed by atoms with Gasteiger partial charge in [-0.2, -0.15) is 0 Å². The van der Waals surface area contributed by atoms with Crippen molar-refractivity contribution in [2.45, 2.75) is 64.5 Å². The van der Waals surface area contributed by atoms with Gasteiger partial charge in [0.05, 0.1) is 12.6 Å². The maximum absolute atomic E-state index is 11.9. The first kappa shape index (κ1) is 16.9. The highest BCUT2D eigenvalue weighted by atomic mass is 16.6. The molecule has 0 spiro atoms. The number of alkyl carbamates (subject to hydrolysis) is 1. The monoisotopic (exact) mass is 310 g/mol. The number of likely N-dealkylation sites (tertiary alicyclic amines) is 1. The number of guanidine groups is 1. The van der Waals surface area contributed by atoms with E-state index in [0.29, 0.717) is 18.4 Å². The standard InChI is InChI=1S/C16H30N4O2/c1-16(2,3)22-15(21)19-13(12-7-8-12)11-18-14(17)20-9-5-4-6-10-20/h12-13H,4-11H2,1-3H3,(H2,17,18)(H,19,21). The topological polar surface area (TPSA) is 79.9 Å². The molecule has 1 aliphatic heterocycles. The van der Waals surface area contributed by atoms with Gasteiger partial charge in [-0.15, -0.1) is 0 Å².